The highest BCUT2D eigenvalue weighted by molar-refractivity contribution is 5.95. The molecule has 2 aliphatic rings. The number of morpholine rings is 1. The summed E-state index contributed by atoms with van der Waals surface area (Å²) < 4.78 is 5.88. The van der Waals surface area contributed by atoms with Gasteiger partial charge in [0, 0.05) is 36.8 Å². The fraction of sp³-hybridized carbons (Fsp3) is 0.579. The fourth-order valence-electron chi connectivity index (χ4n) is 3.71. The molecule has 1 saturated heterocycles. The number of carbonyl (C=O) groups excluding carboxylic acids is 2. The predicted molar refractivity (Wildman–Crippen MR) is 93.3 cm³/mol. The van der Waals surface area contributed by atoms with E-state index >= 15 is 0 Å². The van der Waals surface area contributed by atoms with Crippen molar-refractivity contribution in [2.45, 2.75) is 51.2 Å². The van der Waals surface area contributed by atoms with Gasteiger partial charge in [0.15, 0.2) is 5.78 Å². The zero-order valence-corrected chi connectivity index (χ0v) is 14.3. The number of nitrogens with zero attached hydrogens (tertiary/aromatic N) is 1. The summed E-state index contributed by atoms with van der Waals surface area (Å²) in [6.45, 7) is 4.01. The lowest BCUT2D eigenvalue weighted by Crippen LogP contribution is -2.53. The fourth-order valence-corrected chi connectivity index (χ4v) is 3.71. The predicted octanol–water partition coefficient (Wildman–Crippen LogP) is 2.86. The third-order valence-electron chi connectivity index (χ3n) is 5.05. The Morgan fingerprint density at radius 3 is 2.71 bits per heavy atom. The molecule has 0 unspecified atom stereocenters. The van der Waals surface area contributed by atoms with Crippen LogP contribution in [0.3, 0.4) is 0 Å². The second-order valence-electron chi connectivity index (χ2n) is 6.73. The summed E-state index contributed by atoms with van der Waals surface area (Å²) in [5.74, 6) is 0.0478. The summed E-state index contributed by atoms with van der Waals surface area (Å²) >= 11 is 0. The third kappa shape index (κ3) is 4.22. The van der Waals surface area contributed by atoms with Gasteiger partial charge >= 0.3 is 0 Å². The van der Waals surface area contributed by atoms with E-state index in [0.717, 1.165) is 31.8 Å². The molecule has 1 aromatic rings. The van der Waals surface area contributed by atoms with Crippen LogP contribution >= 0.6 is 0 Å². The Morgan fingerprint density at radius 2 is 1.96 bits per heavy atom. The van der Waals surface area contributed by atoms with Crippen LogP contribution in [0.1, 0.15) is 49.4 Å². The van der Waals surface area contributed by atoms with Crippen LogP contribution in [-0.4, -0.2) is 48.4 Å². The standard InChI is InChI=1S/C19H26N2O3/c1-14(22)15-6-8-16(9-7-15)20-19(23)10-11-21-12-13-24-18-5-3-2-4-17(18)21/h6-9,17-18H,2-5,10-13H2,1H3,(H,20,23)/t17-,18-/m0/s1. The summed E-state index contributed by atoms with van der Waals surface area (Å²) in [5, 5.41) is 2.91. The molecule has 2 fully saturated rings. The van der Waals surface area contributed by atoms with Crippen molar-refractivity contribution in [2.24, 2.45) is 0 Å². The van der Waals surface area contributed by atoms with E-state index in [2.05, 4.69) is 10.2 Å². The summed E-state index contributed by atoms with van der Waals surface area (Å²) in [6, 6.07) is 7.52. The summed E-state index contributed by atoms with van der Waals surface area (Å²) in [6.07, 6.45) is 5.68. The minimum Gasteiger partial charge on any atom is -0.375 e. The Bertz CT molecular complexity index is 583. The summed E-state index contributed by atoms with van der Waals surface area (Å²) in [5.41, 5.74) is 1.40. The van der Waals surface area contributed by atoms with Gasteiger partial charge in [-0.3, -0.25) is 14.5 Å². The third-order valence-corrected chi connectivity index (χ3v) is 5.05. The highest BCUT2D eigenvalue weighted by Gasteiger charge is 2.33. The smallest absolute Gasteiger partial charge is 0.225 e. The van der Waals surface area contributed by atoms with Crippen LogP contribution < -0.4 is 5.32 Å². The molecule has 1 heterocycles. The van der Waals surface area contributed by atoms with Crippen molar-refractivity contribution in [1.29, 1.82) is 0 Å². The Labute approximate surface area is 143 Å². The van der Waals surface area contributed by atoms with Gasteiger partial charge in [0.1, 0.15) is 0 Å². The second-order valence-corrected chi connectivity index (χ2v) is 6.73. The van der Waals surface area contributed by atoms with Gasteiger partial charge in [-0.2, -0.15) is 0 Å². The van der Waals surface area contributed by atoms with E-state index in [0.29, 0.717) is 24.1 Å². The van der Waals surface area contributed by atoms with E-state index in [-0.39, 0.29) is 11.7 Å². The normalized spacial score (nSPS) is 24.2. The molecular formula is C19H26N2O3. The average Bonchev–Trinajstić information content (AvgIpc) is 2.60. The molecule has 1 aromatic carbocycles. The van der Waals surface area contributed by atoms with E-state index in [1.807, 2.05) is 0 Å². The first-order valence-corrected chi connectivity index (χ1v) is 8.90. The van der Waals surface area contributed by atoms with E-state index in [1.54, 1.807) is 24.3 Å². The second kappa shape index (κ2) is 7.90. The molecule has 1 aliphatic carbocycles. The number of rotatable bonds is 5. The average molecular weight is 330 g/mol. The highest BCUT2D eigenvalue weighted by atomic mass is 16.5. The van der Waals surface area contributed by atoms with Gasteiger partial charge in [-0.05, 0) is 44.0 Å². The SMILES string of the molecule is CC(=O)c1ccc(NC(=O)CCN2CCO[C@H]3CCCC[C@@H]32)cc1. The molecule has 2 atom stereocenters. The molecule has 1 amide bonds. The maximum Gasteiger partial charge on any atom is 0.225 e. The van der Waals surface area contributed by atoms with Crippen LogP contribution in [0.2, 0.25) is 0 Å². The van der Waals surface area contributed by atoms with Crippen LogP contribution in [0.4, 0.5) is 5.69 Å². The zero-order valence-electron chi connectivity index (χ0n) is 14.3. The number of hydrogen-bond acceptors (Lipinski definition) is 4. The Morgan fingerprint density at radius 1 is 1.21 bits per heavy atom. The van der Waals surface area contributed by atoms with Crippen LogP contribution in [0.25, 0.3) is 0 Å². The molecule has 3 rings (SSSR count). The maximum absolute atomic E-state index is 12.2. The number of hydrogen-bond donors (Lipinski definition) is 1. The Hall–Kier alpha value is -1.72. The number of fused-ring (bicyclic) bond motifs is 1. The number of anilines is 1. The first-order chi connectivity index (χ1) is 11.6. The van der Waals surface area contributed by atoms with E-state index in [9.17, 15) is 9.59 Å². The molecular weight excluding hydrogens is 304 g/mol. The van der Waals surface area contributed by atoms with Gasteiger partial charge in [0.2, 0.25) is 5.91 Å². The van der Waals surface area contributed by atoms with E-state index < -0.39 is 0 Å². The molecule has 0 spiro atoms. The van der Waals surface area contributed by atoms with Crippen molar-refractivity contribution in [2.75, 3.05) is 25.0 Å². The molecule has 1 N–H and O–H groups in total. The topological polar surface area (TPSA) is 58.6 Å². The lowest BCUT2D eigenvalue weighted by atomic mass is 9.90. The van der Waals surface area contributed by atoms with Crippen LogP contribution in [-0.2, 0) is 9.53 Å². The van der Waals surface area contributed by atoms with Crippen molar-refractivity contribution in [3.8, 4) is 0 Å². The Kier molecular flexibility index (Phi) is 5.63. The Balaban J connectivity index is 1.49. The number of Topliss-reactive ketones (excluding diaryl/α,β-unsaturated/α-hetero) is 1. The molecule has 1 aliphatic heterocycles. The van der Waals surface area contributed by atoms with Gasteiger partial charge in [-0.1, -0.05) is 12.8 Å². The van der Waals surface area contributed by atoms with Crippen molar-refractivity contribution >= 4 is 17.4 Å². The monoisotopic (exact) mass is 330 g/mol. The molecule has 24 heavy (non-hydrogen) atoms. The number of benzene rings is 1. The van der Waals surface area contributed by atoms with Crippen molar-refractivity contribution in [3.05, 3.63) is 29.8 Å². The molecule has 1 saturated carbocycles. The van der Waals surface area contributed by atoms with Crippen LogP contribution in [0.5, 0.6) is 0 Å². The number of amides is 1. The first kappa shape index (κ1) is 17.1. The van der Waals surface area contributed by atoms with Gasteiger partial charge in [0.25, 0.3) is 0 Å². The van der Waals surface area contributed by atoms with E-state index in [4.69, 9.17) is 4.74 Å². The molecule has 5 heteroatoms. The summed E-state index contributed by atoms with van der Waals surface area (Å²) in [7, 11) is 0. The van der Waals surface area contributed by atoms with E-state index in [1.165, 1.54) is 26.2 Å². The molecule has 0 aromatic heterocycles. The quantitative estimate of drug-likeness (QED) is 0.844. The first-order valence-electron chi connectivity index (χ1n) is 8.90. The number of carbonyl (C=O) groups is 2. The largest absolute Gasteiger partial charge is 0.375 e. The van der Waals surface area contributed by atoms with Crippen LogP contribution in [0.15, 0.2) is 24.3 Å². The van der Waals surface area contributed by atoms with Gasteiger partial charge in [-0.15, -0.1) is 0 Å². The number of ether oxygens (including phenoxy) is 1. The van der Waals surface area contributed by atoms with Gasteiger partial charge < -0.3 is 10.1 Å². The molecule has 130 valence electrons. The molecule has 5 nitrogen and oxygen atoms in total. The lowest BCUT2D eigenvalue weighted by Gasteiger charge is -2.43. The number of nitrogens with one attached hydrogen (secondary N) is 1. The molecule has 0 radical (unpaired) electrons. The van der Waals surface area contributed by atoms with Crippen molar-refractivity contribution in [1.82, 2.24) is 4.90 Å². The lowest BCUT2D eigenvalue weighted by molar-refractivity contribution is -0.118. The van der Waals surface area contributed by atoms with Crippen LogP contribution in [0, 0.1) is 0 Å². The minimum absolute atomic E-state index is 0.0180. The van der Waals surface area contributed by atoms with Gasteiger partial charge in [0.05, 0.1) is 12.7 Å². The maximum atomic E-state index is 12.2. The van der Waals surface area contributed by atoms with Crippen molar-refractivity contribution < 1.29 is 14.3 Å². The highest BCUT2D eigenvalue weighted by Crippen LogP contribution is 2.28. The van der Waals surface area contributed by atoms with Crippen molar-refractivity contribution in [3.63, 3.8) is 0 Å². The number of ketones is 1. The zero-order chi connectivity index (χ0) is 16.9. The summed E-state index contributed by atoms with van der Waals surface area (Å²) in [4.78, 5) is 25.9. The molecule has 0 bridgehead atoms. The minimum atomic E-state index is 0.0180. The van der Waals surface area contributed by atoms with Gasteiger partial charge in [-0.25, -0.2) is 0 Å².